The molecule has 0 spiro atoms. The Kier molecular flexibility index (Phi) is 4.15. The van der Waals surface area contributed by atoms with Crippen LogP contribution in [0, 0.1) is 5.41 Å². The number of allylic oxidation sites excluding steroid dienone is 2. The first-order valence-corrected chi connectivity index (χ1v) is 5.23. The van der Waals surface area contributed by atoms with E-state index < -0.39 is 0 Å². The lowest BCUT2D eigenvalue weighted by Crippen LogP contribution is -2.10. The minimum Gasteiger partial charge on any atom is -0.125 e. The number of hydrogen-bond donors (Lipinski definition) is 0. The Morgan fingerprint density at radius 1 is 1.27 bits per heavy atom. The van der Waals surface area contributed by atoms with Gasteiger partial charge in [0, 0.05) is 0 Å². The summed E-state index contributed by atoms with van der Waals surface area (Å²) in [4.78, 5) is 0. The molecule has 0 unspecified atom stereocenters. The minimum atomic E-state index is 0.140. The highest BCUT2D eigenvalue weighted by Crippen LogP contribution is 2.22. The first kappa shape index (κ1) is 11.6. The van der Waals surface area contributed by atoms with Gasteiger partial charge in [0.15, 0.2) is 0 Å². The maximum absolute atomic E-state index is 3.63. The Labute approximate surface area is 92.6 Å². The lowest BCUT2D eigenvalue weighted by molar-refractivity contribution is 0.478. The molecule has 0 saturated carbocycles. The summed E-state index contributed by atoms with van der Waals surface area (Å²) in [7, 11) is 0. The Morgan fingerprint density at radius 2 is 1.93 bits per heavy atom. The van der Waals surface area contributed by atoms with Crippen molar-refractivity contribution in [2.75, 3.05) is 0 Å². The van der Waals surface area contributed by atoms with E-state index in [4.69, 9.17) is 0 Å². The van der Waals surface area contributed by atoms with Gasteiger partial charge in [-0.05, 0) is 29.6 Å². The standard InChI is InChI=1S/C15H18/c1-4-5-9-12-15(2,3)13-14-10-7-6-8-11-14/h4-8,10-12H,1,13H2,2-3H3. The van der Waals surface area contributed by atoms with Crippen LogP contribution in [0.15, 0.2) is 60.9 Å². The molecule has 15 heavy (non-hydrogen) atoms. The molecule has 0 radical (unpaired) electrons. The quantitative estimate of drug-likeness (QED) is 0.503. The highest BCUT2D eigenvalue weighted by atomic mass is 14.2. The average Bonchev–Trinajstić information content (AvgIpc) is 2.18. The van der Waals surface area contributed by atoms with E-state index in [1.807, 2.05) is 12.1 Å². The molecule has 0 aliphatic rings. The molecule has 0 atom stereocenters. The molecule has 0 fully saturated rings. The molecular formula is C15H18. The van der Waals surface area contributed by atoms with Gasteiger partial charge in [0.25, 0.3) is 0 Å². The smallest absolute Gasteiger partial charge is 0.00587 e. The van der Waals surface area contributed by atoms with E-state index in [0.717, 1.165) is 6.42 Å². The fourth-order valence-electron chi connectivity index (χ4n) is 1.51. The van der Waals surface area contributed by atoms with E-state index in [2.05, 4.69) is 56.5 Å². The number of benzene rings is 1. The largest absolute Gasteiger partial charge is 0.125 e. The van der Waals surface area contributed by atoms with E-state index in [1.165, 1.54) is 5.56 Å². The van der Waals surface area contributed by atoms with Crippen LogP contribution in [-0.2, 0) is 6.42 Å². The first-order chi connectivity index (χ1) is 7.14. The summed E-state index contributed by atoms with van der Waals surface area (Å²) in [5, 5.41) is 0. The van der Waals surface area contributed by atoms with Crippen LogP contribution in [0.1, 0.15) is 19.4 Å². The monoisotopic (exact) mass is 198 g/mol. The van der Waals surface area contributed by atoms with Crippen molar-refractivity contribution in [3.8, 4) is 0 Å². The summed E-state index contributed by atoms with van der Waals surface area (Å²) in [6.45, 7) is 8.05. The van der Waals surface area contributed by atoms with Crippen molar-refractivity contribution in [2.45, 2.75) is 20.3 Å². The zero-order valence-electron chi connectivity index (χ0n) is 9.53. The molecule has 0 aromatic heterocycles. The normalized spacial score (nSPS) is 10.3. The second-order valence-electron chi connectivity index (χ2n) is 4.36. The van der Waals surface area contributed by atoms with Gasteiger partial charge in [0.2, 0.25) is 0 Å². The molecular weight excluding hydrogens is 180 g/mol. The third-order valence-electron chi connectivity index (χ3n) is 2.19. The molecule has 0 heteroatoms. The molecule has 0 aliphatic carbocycles. The Bertz CT molecular complexity index is 362. The maximum Gasteiger partial charge on any atom is -0.00587 e. The van der Waals surface area contributed by atoms with Gasteiger partial charge in [-0.25, -0.2) is 0 Å². The molecule has 0 heterocycles. The van der Waals surface area contributed by atoms with Gasteiger partial charge < -0.3 is 0 Å². The van der Waals surface area contributed by atoms with Crippen molar-refractivity contribution in [3.05, 3.63) is 66.4 Å². The van der Waals surface area contributed by atoms with Crippen LogP contribution in [0.5, 0.6) is 0 Å². The third kappa shape index (κ3) is 4.49. The van der Waals surface area contributed by atoms with Gasteiger partial charge >= 0.3 is 0 Å². The van der Waals surface area contributed by atoms with Gasteiger partial charge in [-0.2, -0.15) is 0 Å². The molecule has 1 aromatic carbocycles. The summed E-state index contributed by atoms with van der Waals surface area (Å²) < 4.78 is 0. The highest BCUT2D eigenvalue weighted by Gasteiger charge is 2.13. The summed E-state index contributed by atoms with van der Waals surface area (Å²) in [5.41, 5.74) is 4.63. The zero-order valence-corrected chi connectivity index (χ0v) is 9.53. The first-order valence-electron chi connectivity index (χ1n) is 5.23. The van der Waals surface area contributed by atoms with Crippen molar-refractivity contribution in [1.82, 2.24) is 0 Å². The van der Waals surface area contributed by atoms with E-state index in [-0.39, 0.29) is 5.41 Å². The van der Waals surface area contributed by atoms with Crippen molar-refractivity contribution < 1.29 is 0 Å². The van der Waals surface area contributed by atoms with Crippen LogP contribution < -0.4 is 0 Å². The Hall–Kier alpha value is -1.52. The molecule has 0 saturated heterocycles. The lowest BCUT2D eigenvalue weighted by Gasteiger charge is -2.18. The van der Waals surface area contributed by atoms with Crippen LogP contribution >= 0.6 is 0 Å². The van der Waals surface area contributed by atoms with Crippen LogP contribution in [0.2, 0.25) is 0 Å². The molecule has 1 rings (SSSR count). The number of hydrogen-bond acceptors (Lipinski definition) is 0. The van der Waals surface area contributed by atoms with Gasteiger partial charge in [0.1, 0.15) is 0 Å². The third-order valence-corrected chi connectivity index (χ3v) is 2.19. The Morgan fingerprint density at radius 3 is 2.53 bits per heavy atom. The summed E-state index contributed by atoms with van der Waals surface area (Å²) in [6, 6.07) is 10.5. The van der Waals surface area contributed by atoms with Gasteiger partial charge in [-0.3, -0.25) is 0 Å². The summed E-state index contributed by atoms with van der Waals surface area (Å²) >= 11 is 0. The van der Waals surface area contributed by atoms with E-state index in [9.17, 15) is 0 Å². The SMILES string of the molecule is C=CC=C=CC(C)(C)Cc1ccccc1. The van der Waals surface area contributed by atoms with Crippen LogP contribution in [-0.4, -0.2) is 0 Å². The Balaban J connectivity index is 2.72. The van der Waals surface area contributed by atoms with Crippen molar-refractivity contribution in [2.24, 2.45) is 5.41 Å². The van der Waals surface area contributed by atoms with Gasteiger partial charge in [0.05, 0.1) is 0 Å². The average molecular weight is 198 g/mol. The van der Waals surface area contributed by atoms with Crippen LogP contribution in [0.4, 0.5) is 0 Å². The molecule has 0 N–H and O–H groups in total. The fraction of sp³-hybridized carbons (Fsp3) is 0.267. The van der Waals surface area contributed by atoms with Crippen molar-refractivity contribution in [3.63, 3.8) is 0 Å². The predicted molar refractivity (Wildman–Crippen MR) is 66.8 cm³/mol. The fourth-order valence-corrected chi connectivity index (χ4v) is 1.51. The molecule has 0 aliphatic heterocycles. The van der Waals surface area contributed by atoms with Crippen molar-refractivity contribution in [1.29, 1.82) is 0 Å². The van der Waals surface area contributed by atoms with E-state index in [0.29, 0.717) is 0 Å². The molecule has 0 amide bonds. The maximum atomic E-state index is 3.63. The molecule has 0 nitrogen and oxygen atoms in total. The second-order valence-corrected chi connectivity index (χ2v) is 4.36. The van der Waals surface area contributed by atoms with Gasteiger partial charge in [-0.15, -0.1) is 5.73 Å². The molecule has 0 bridgehead atoms. The van der Waals surface area contributed by atoms with Gasteiger partial charge in [-0.1, -0.05) is 56.8 Å². The topological polar surface area (TPSA) is 0 Å². The van der Waals surface area contributed by atoms with E-state index in [1.54, 1.807) is 6.08 Å². The predicted octanol–water partition coefficient (Wildman–Crippen LogP) is 4.15. The highest BCUT2D eigenvalue weighted by molar-refractivity contribution is 5.18. The summed E-state index contributed by atoms with van der Waals surface area (Å²) in [5.74, 6) is 0. The van der Waals surface area contributed by atoms with Crippen molar-refractivity contribution >= 4 is 0 Å². The lowest BCUT2D eigenvalue weighted by atomic mass is 9.86. The minimum absolute atomic E-state index is 0.140. The van der Waals surface area contributed by atoms with E-state index >= 15 is 0 Å². The zero-order chi connectivity index (χ0) is 11.1. The second kappa shape index (κ2) is 5.38. The van der Waals surface area contributed by atoms with Crippen LogP contribution in [0.3, 0.4) is 0 Å². The summed E-state index contributed by atoms with van der Waals surface area (Å²) in [6.07, 6.45) is 6.72. The molecule has 78 valence electrons. The number of rotatable bonds is 4. The molecule has 1 aromatic rings. The van der Waals surface area contributed by atoms with Crippen LogP contribution in [0.25, 0.3) is 0 Å².